The van der Waals surface area contributed by atoms with E-state index in [1.807, 2.05) is 5.32 Å². The molecule has 0 aliphatic rings. The third-order valence-corrected chi connectivity index (χ3v) is 1.34. The summed E-state index contributed by atoms with van der Waals surface area (Å²) >= 11 is 0. The van der Waals surface area contributed by atoms with Crippen LogP contribution in [0.5, 0.6) is 0 Å². The van der Waals surface area contributed by atoms with Crippen LogP contribution in [0.3, 0.4) is 0 Å². The molecule has 4 nitrogen and oxygen atoms in total. The molecule has 0 saturated carbocycles. The molecule has 1 rings (SSSR count). The number of alkyl halides is 3. The van der Waals surface area contributed by atoms with Gasteiger partial charge in [-0.05, 0) is 0 Å². The van der Waals surface area contributed by atoms with Crippen LogP contribution in [0.4, 0.5) is 23.7 Å². The number of halogens is 3. The van der Waals surface area contributed by atoms with E-state index in [-0.39, 0.29) is 0 Å². The third-order valence-electron chi connectivity index (χ3n) is 1.34. The number of furan rings is 1. The van der Waals surface area contributed by atoms with E-state index in [2.05, 4.69) is 9.15 Å². The third kappa shape index (κ3) is 2.18. The van der Waals surface area contributed by atoms with E-state index >= 15 is 0 Å². The maximum absolute atomic E-state index is 12.2. The highest BCUT2D eigenvalue weighted by Gasteiger charge is 2.38. The fraction of sp³-hybridized carbons (Fsp3) is 0.286. The Kier molecular flexibility index (Phi) is 2.68. The number of nitrogens with one attached hydrogen (secondary N) is 1. The van der Waals surface area contributed by atoms with Crippen LogP contribution in [-0.4, -0.2) is 13.2 Å². The minimum absolute atomic E-state index is 0.468. The molecule has 0 bridgehead atoms. The molecular formula is C7H6F3NO3. The number of carbonyl (C=O) groups is 1. The molecule has 78 valence electrons. The monoisotopic (exact) mass is 209 g/mol. The summed E-state index contributed by atoms with van der Waals surface area (Å²) in [6.07, 6.45) is -4.80. The van der Waals surface area contributed by atoms with Gasteiger partial charge in [0.1, 0.15) is 0 Å². The van der Waals surface area contributed by atoms with Gasteiger partial charge in [0, 0.05) is 6.07 Å². The molecule has 0 fully saturated rings. The summed E-state index contributed by atoms with van der Waals surface area (Å²) in [6.45, 7) is 0. The summed E-state index contributed by atoms with van der Waals surface area (Å²) in [5.41, 5.74) is -0.468. The molecule has 0 radical (unpaired) electrons. The summed E-state index contributed by atoms with van der Waals surface area (Å²) < 4.78 is 44.8. The van der Waals surface area contributed by atoms with Crippen LogP contribution < -0.4 is 5.32 Å². The van der Waals surface area contributed by atoms with E-state index in [1.54, 1.807) is 0 Å². The molecule has 0 aliphatic heterocycles. The SMILES string of the molecule is COC(=O)Nc1ccoc1C(F)(F)F. The average molecular weight is 209 g/mol. The Balaban J connectivity index is 2.88. The molecule has 1 N–H and O–H groups in total. The molecule has 0 spiro atoms. The zero-order valence-electron chi connectivity index (χ0n) is 7.01. The molecule has 0 unspecified atom stereocenters. The van der Waals surface area contributed by atoms with Gasteiger partial charge in [0.2, 0.25) is 5.76 Å². The fourth-order valence-electron chi connectivity index (χ4n) is 0.788. The first-order valence-electron chi connectivity index (χ1n) is 3.45. The van der Waals surface area contributed by atoms with E-state index in [4.69, 9.17) is 0 Å². The minimum atomic E-state index is -4.64. The Morgan fingerprint density at radius 1 is 1.57 bits per heavy atom. The van der Waals surface area contributed by atoms with Crippen molar-refractivity contribution in [2.24, 2.45) is 0 Å². The summed E-state index contributed by atoms with van der Waals surface area (Å²) in [4.78, 5) is 10.6. The first-order chi connectivity index (χ1) is 6.45. The largest absolute Gasteiger partial charge is 0.458 e. The quantitative estimate of drug-likeness (QED) is 0.772. The van der Waals surface area contributed by atoms with Crippen molar-refractivity contribution in [3.8, 4) is 0 Å². The Labute approximate surface area is 76.6 Å². The van der Waals surface area contributed by atoms with Crippen LogP contribution in [0.25, 0.3) is 0 Å². The van der Waals surface area contributed by atoms with Gasteiger partial charge in [0.05, 0.1) is 19.1 Å². The zero-order valence-corrected chi connectivity index (χ0v) is 7.01. The summed E-state index contributed by atoms with van der Waals surface area (Å²) in [5.74, 6) is -1.26. The first-order valence-corrected chi connectivity index (χ1v) is 3.45. The Bertz CT molecular complexity index is 331. The van der Waals surface area contributed by atoms with Crippen molar-refractivity contribution in [2.45, 2.75) is 6.18 Å². The lowest BCUT2D eigenvalue weighted by Gasteiger charge is -2.06. The van der Waals surface area contributed by atoms with Crippen molar-refractivity contribution in [2.75, 3.05) is 12.4 Å². The number of amides is 1. The molecule has 0 saturated heterocycles. The Hall–Kier alpha value is -1.66. The van der Waals surface area contributed by atoms with Gasteiger partial charge < -0.3 is 9.15 Å². The highest BCUT2D eigenvalue weighted by molar-refractivity contribution is 5.85. The molecule has 0 aromatic carbocycles. The number of anilines is 1. The van der Waals surface area contributed by atoms with Crippen LogP contribution in [0.1, 0.15) is 5.76 Å². The number of hydrogen-bond donors (Lipinski definition) is 1. The van der Waals surface area contributed by atoms with Gasteiger partial charge in [-0.1, -0.05) is 0 Å². The van der Waals surface area contributed by atoms with Crippen molar-refractivity contribution >= 4 is 11.8 Å². The number of carbonyl (C=O) groups excluding carboxylic acids is 1. The van der Waals surface area contributed by atoms with Gasteiger partial charge in [-0.2, -0.15) is 13.2 Å². The molecule has 1 heterocycles. The lowest BCUT2D eigenvalue weighted by molar-refractivity contribution is -0.152. The lowest BCUT2D eigenvalue weighted by atomic mass is 10.4. The van der Waals surface area contributed by atoms with Gasteiger partial charge in [-0.3, -0.25) is 5.32 Å². The van der Waals surface area contributed by atoms with Crippen LogP contribution in [0.2, 0.25) is 0 Å². The number of rotatable bonds is 1. The number of hydrogen-bond acceptors (Lipinski definition) is 3. The highest BCUT2D eigenvalue weighted by Crippen LogP contribution is 2.35. The van der Waals surface area contributed by atoms with E-state index in [0.29, 0.717) is 0 Å². The minimum Gasteiger partial charge on any atom is -0.458 e. The van der Waals surface area contributed by atoms with E-state index in [0.717, 1.165) is 19.4 Å². The number of methoxy groups -OCH3 is 1. The van der Waals surface area contributed by atoms with Gasteiger partial charge >= 0.3 is 12.3 Å². The van der Waals surface area contributed by atoms with Crippen molar-refractivity contribution in [3.05, 3.63) is 18.1 Å². The molecule has 0 atom stereocenters. The second kappa shape index (κ2) is 3.60. The zero-order chi connectivity index (χ0) is 10.8. The molecule has 1 aromatic rings. The average Bonchev–Trinajstić information content (AvgIpc) is 2.51. The van der Waals surface area contributed by atoms with Crippen LogP contribution >= 0.6 is 0 Å². The van der Waals surface area contributed by atoms with E-state index in [9.17, 15) is 18.0 Å². The Morgan fingerprint density at radius 2 is 2.21 bits per heavy atom. The maximum atomic E-state index is 12.2. The molecule has 1 aromatic heterocycles. The van der Waals surface area contributed by atoms with E-state index < -0.39 is 23.7 Å². The predicted octanol–water partition coefficient (Wildman–Crippen LogP) is 2.48. The molecule has 7 heteroatoms. The normalized spacial score (nSPS) is 11.1. The van der Waals surface area contributed by atoms with Gasteiger partial charge in [-0.25, -0.2) is 4.79 Å². The predicted molar refractivity (Wildman–Crippen MR) is 39.7 cm³/mol. The van der Waals surface area contributed by atoms with Gasteiger partial charge in [-0.15, -0.1) is 0 Å². The molecule has 1 amide bonds. The molecular weight excluding hydrogens is 203 g/mol. The smallest absolute Gasteiger partial charge is 0.451 e. The topological polar surface area (TPSA) is 51.5 Å². The summed E-state index contributed by atoms with van der Waals surface area (Å²) in [6, 6.07) is 0.986. The lowest BCUT2D eigenvalue weighted by Crippen LogP contribution is -2.14. The highest BCUT2D eigenvalue weighted by atomic mass is 19.4. The maximum Gasteiger partial charge on any atom is 0.451 e. The standard InChI is InChI=1S/C7H6F3NO3/c1-13-6(12)11-4-2-3-14-5(4)7(8,9)10/h2-3H,1H3,(H,11,12). The summed E-state index contributed by atoms with van der Waals surface area (Å²) in [5, 5.41) is 1.87. The van der Waals surface area contributed by atoms with E-state index in [1.165, 1.54) is 0 Å². The van der Waals surface area contributed by atoms with Crippen LogP contribution in [-0.2, 0) is 10.9 Å². The number of ether oxygens (including phenoxy) is 1. The van der Waals surface area contributed by atoms with Gasteiger partial charge in [0.15, 0.2) is 0 Å². The fourth-order valence-corrected chi connectivity index (χ4v) is 0.788. The van der Waals surface area contributed by atoms with Crippen molar-refractivity contribution in [1.29, 1.82) is 0 Å². The van der Waals surface area contributed by atoms with Crippen LogP contribution in [0.15, 0.2) is 16.7 Å². The molecule has 0 aliphatic carbocycles. The molecule has 14 heavy (non-hydrogen) atoms. The second-order valence-electron chi connectivity index (χ2n) is 2.28. The van der Waals surface area contributed by atoms with Crippen molar-refractivity contribution < 1.29 is 27.1 Å². The van der Waals surface area contributed by atoms with Gasteiger partial charge in [0.25, 0.3) is 0 Å². The first kappa shape index (κ1) is 10.4. The Morgan fingerprint density at radius 3 is 2.71 bits per heavy atom. The summed E-state index contributed by atoms with van der Waals surface area (Å²) in [7, 11) is 1.04. The van der Waals surface area contributed by atoms with Crippen LogP contribution in [0, 0.1) is 0 Å². The second-order valence-corrected chi connectivity index (χ2v) is 2.28. The van der Waals surface area contributed by atoms with Crippen molar-refractivity contribution in [3.63, 3.8) is 0 Å². The van der Waals surface area contributed by atoms with Crippen molar-refractivity contribution in [1.82, 2.24) is 0 Å².